The molecule has 2 N–H and O–H groups in total. The number of aromatic nitrogens is 3. The molecule has 0 aliphatic heterocycles. The zero-order valence-electron chi connectivity index (χ0n) is 10.8. The molecule has 1 rings (SSSR count). The Bertz CT molecular complexity index is 307. The second-order valence-electron chi connectivity index (χ2n) is 3.51. The van der Waals surface area contributed by atoms with E-state index < -0.39 is 0 Å². The maximum absolute atomic E-state index is 5.30. The van der Waals surface area contributed by atoms with Crippen LogP contribution in [0.15, 0.2) is 0 Å². The monoisotopic (exact) mass is 239 g/mol. The van der Waals surface area contributed by atoms with E-state index in [2.05, 4.69) is 32.5 Å². The van der Waals surface area contributed by atoms with E-state index in [0.29, 0.717) is 24.5 Å². The first kappa shape index (κ1) is 13.5. The lowest BCUT2D eigenvalue weighted by Gasteiger charge is -2.08. The maximum Gasteiger partial charge on any atom is 0.323 e. The molecular formula is C11H21N5O. The molecule has 0 saturated heterocycles. The average Bonchev–Trinajstić information content (AvgIpc) is 2.30. The van der Waals surface area contributed by atoms with Gasteiger partial charge in [0.1, 0.15) is 0 Å². The van der Waals surface area contributed by atoms with E-state index in [1.54, 1.807) is 0 Å². The second-order valence-corrected chi connectivity index (χ2v) is 3.51. The van der Waals surface area contributed by atoms with Gasteiger partial charge in [-0.25, -0.2) is 0 Å². The molecule has 0 aliphatic carbocycles. The molecule has 96 valence electrons. The molecule has 0 amide bonds. The van der Waals surface area contributed by atoms with Crippen molar-refractivity contribution in [3.8, 4) is 6.01 Å². The molecule has 1 aromatic rings. The fourth-order valence-corrected chi connectivity index (χ4v) is 1.24. The molecule has 6 nitrogen and oxygen atoms in total. The molecule has 0 atom stereocenters. The third-order valence-electron chi connectivity index (χ3n) is 2.04. The number of nitrogens with one attached hydrogen (secondary N) is 2. The lowest BCUT2D eigenvalue weighted by atomic mass is 10.3. The summed E-state index contributed by atoms with van der Waals surface area (Å²) >= 11 is 0. The van der Waals surface area contributed by atoms with E-state index in [1.807, 2.05) is 13.8 Å². The van der Waals surface area contributed by atoms with Crippen LogP contribution in [0.2, 0.25) is 0 Å². The number of unbranched alkanes of at least 4 members (excludes halogenated alkanes) is 1. The summed E-state index contributed by atoms with van der Waals surface area (Å²) in [5, 5.41) is 6.22. The highest BCUT2D eigenvalue weighted by atomic mass is 16.5. The summed E-state index contributed by atoms with van der Waals surface area (Å²) in [4.78, 5) is 12.6. The third-order valence-corrected chi connectivity index (χ3v) is 2.04. The van der Waals surface area contributed by atoms with E-state index >= 15 is 0 Å². The van der Waals surface area contributed by atoms with Gasteiger partial charge in [-0.05, 0) is 20.3 Å². The second kappa shape index (κ2) is 7.65. The van der Waals surface area contributed by atoms with Gasteiger partial charge in [0.05, 0.1) is 6.61 Å². The molecule has 0 aliphatic rings. The lowest BCUT2D eigenvalue weighted by Crippen LogP contribution is -2.11. The molecule has 0 bridgehead atoms. The van der Waals surface area contributed by atoms with Gasteiger partial charge in [-0.3, -0.25) is 0 Å². The van der Waals surface area contributed by atoms with Crippen molar-refractivity contribution in [1.29, 1.82) is 0 Å². The number of rotatable bonds is 8. The Balaban J connectivity index is 2.72. The SMILES string of the molecule is CCCCNc1nc(NCC)nc(OCC)n1. The van der Waals surface area contributed by atoms with Crippen LogP contribution >= 0.6 is 0 Å². The predicted octanol–water partition coefficient (Wildman–Crippen LogP) is 1.91. The summed E-state index contributed by atoms with van der Waals surface area (Å²) in [6.07, 6.45) is 2.22. The maximum atomic E-state index is 5.30. The van der Waals surface area contributed by atoms with Gasteiger partial charge in [0, 0.05) is 13.1 Å². The quantitative estimate of drug-likeness (QED) is 0.675. The largest absolute Gasteiger partial charge is 0.464 e. The van der Waals surface area contributed by atoms with Gasteiger partial charge in [-0.2, -0.15) is 15.0 Å². The molecule has 1 heterocycles. The van der Waals surface area contributed by atoms with Crippen molar-refractivity contribution in [2.45, 2.75) is 33.6 Å². The molecule has 0 saturated carbocycles. The number of ether oxygens (including phenoxy) is 1. The van der Waals surface area contributed by atoms with Crippen molar-refractivity contribution in [2.75, 3.05) is 30.3 Å². The Labute approximate surface area is 102 Å². The normalized spacial score (nSPS) is 10.1. The number of anilines is 2. The highest BCUT2D eigenvalue weighted by molar-refractivity contribution is 5.35. The number of hydrogen-bond donors (Lipinski definition) is 2. The zero-order valence-corrected chi connectivity index (χ0v) is 10.8. The highest BCUT2D eigenvalue weighted by Gasteiger charge is 2.05. The van der Waals surface area contributed by atoms with Gasteiger partial charge in [0.15, 0.2) is 0 Å². The van der Waals surface area contributed by atoms with E-state index in [9.17, 15) is 0 Å². The standard InChI is InChI=1S/C11H21N5O/c1-4-7-8-13-10-14-9(12-5-2)15-11(16-10)17-6-3/h4-8H2,1-3H3,(H2,12,13,14,15,16). The summed E-state index contributed by atoms with van der Waals surface area (Å²) in [5.74, 6) is 1.11. The molecule has 6 heteroatoms. The van der Waals surface area contributed by atoms with Gasteiger partial charge >= 0.3 is 6.01 Å². The first-order valence-electron chi connectivity index (χ1n) is 6.16. The Morgan fingerprint density at radius 1 is 1.00 bits per heavy atom. The number of nitrogens with zero attached hydrogens (tertiary/aromatic N) is 3. The van der Waals surface area contributed by atoms with Crippen LogP contribution in [-0.2, 0) is 0 Å². The van der Waals surface area contributed by atoms with E-state index in [4.69, 9.17) is 4.74 Å². The molecule has 0 aromatic carbocycles. The van der Waals surface area contributed by atoms with Crippen molar-refractivity contribution in [2.24, 2.45) is 0 Å². The van der Waals surface area contributed by atoms with Gasteiger partial charge in [0.2, 0.25) is 11.9 Å². The fraction of sp³-hybridized carbons (Fsp3) is 0.727. The molecule has 0 spiro atoms. The van der Waals surface area contributed by atoms with Crippen LogP contribution < -0.4 is 15.4 Å². The minimum atomic E-state index is 0.359. The van der Waals surface area contributed by atoms with Crippen LogP contribution in [0.4, 0.5) is 11.9 Å². The predicted molar refractivity (Wildman–Crippen MR) is 68.6 cm³/mol. The summed E-state index contributed by atoms with van der Waals surface area (Å²) in [5.41, 5.74) is 0. The molecule has 0 radical (unpaired) electrons. The molecule has 17 heavy (non-hydrogen) atoms. The third kappa shape index (κ3) is 4.84. The van der Waals surface area contributed by atoms with E-state index in [1.165, 1.54) is 0 Å². The summed E-state index contributed by atoms with van der Waals surface area (Å²) in [6, 6.07) is 0.359. The average molecular weight is 239 g/mol. The van der Waals surface area contributed by atoms with Gasteiger partial charge in [-0.15, -0.1) is 0 Å². The zero-order chi connectivity index (χ0) is 12.5. The van der Waals surface area contributed by atoms with Crippen LogP contribution in [0, 0.1) is 0 Å². The fourth-order valence-electron chi connectivity index (χ4n) is 1.24. The lowest BCUT2D eigenvalue weighted by molar-refractivity contribution is 0.312. The molecule has 0 unspecified atom stereocenters. The summed E-state index contributed by atoms with van der Waals surface area (Å²) in [7, 11) is 0. The van der Waals surface area contributed by atoms with Crippen molar-refractivity contribution in [3.63, 3.8) is 0 Å². The summed E-state index contributed by atoms with van der Waals surface area (Å²) < 4.78 is 5.30. The first-order valence-corrected chi connectivity index (χ1v) is 6.16. The molecule has 0 fully saturated rings. The van der Waals surface area contributed by atoms with Gasteiger partial charge in [0.25, 0.3) is 0 Å². The van der Waals surface area contributed by atoms with Crippen molar-refractivity contribution >= 4 is 11.9 Å². The Morgan fingerprint density at radius 3 is 2.29 bits per heavy atom. The van der Waals surface area contributed by atoms with Crippen LogP contribution in [-0.4, -0.2) is 34.6 Å². The number of hydrogen-bond acceptors (Lipinski definition) is 6. The van der Waals surface area contributed by atoms with Crippen molar-refractivity contribution < 1.29 is 4.74 Å². The Kier molecular flexibility index (Phi) is 6.06. The molecular weight excluding hydrogens is 218 g/mol. The minimum Gasteiger partial charge on any atom is -0.464 e. The minimum absolute atomic E-state index is 0.359. The van der Waals surface area contributed by atoms with Gasteiger partial charge in [-0.1, -0.05) is 13.3 Å². The van der Waals surface area contributed by atoms with E-state index in [0.717, 1.165) is 25.9 Å². The topological polar surface area (TPSA) is 72.0 Å². The van der Waals surface area contributed by atoms with Crippen LogP contribution in [0.5, 0.6) is 6.01 Å². The highest BCUT2D eigenvalue weighted by Crippen LogP contribution is 2.11. The van der Waals surface area contributed by atoms with Crippen LogP contribution in [0.1, 0.15) is 33.6 Å². The first-order chi connectivity index (χ1) is 8.30. The smallest absolute Gasteiger partial charge is 0.323 e. The summed E-state index contributed by atoms with van der Waals surface area (Å²) in [6.45, 7) is 8.21. The van der Waals surface area contributed by atoms with Crippen molar-refractivity contribution in [1.82, 2.24) is 15.0 Å². The van der Waals surface area contributed by atoms with Crippen LogP contribution in [0.25, 0.3) is 0 Å². The van der Waals surface area contributed by atoms with Crippen LogP contribution in [0.3, 0.4) is 0 Å². The van der Waals surface area contributed by atoms with Crippen molar-refractivity contribution in [3.05, 3.63) is 0 Å². The Morgan fingerprint density at radius 2 is 1.71 bits per heavy atom. The Hall–Kier alpha value is -1.59. The van der Waals surface area contributed by atoms with Gasteiger partial charge < -0.3 is 15.4 Å². The van der Waals surface area contributed by atoms with E-state index in [-0.39, 0.29) is 0 Å². The molecule has 1 aromatic heterocycles.